The largest absolute Gasteiger partial charge is 0.380 e. The first kappa shape index (κ1) is 24.9. The molecule has 5 rings (SSSR count). The number of piperidine rings is 2. The van der Waals surface area contributed by atoms with Gasteiger partial charge in [-0.25, -0.2) is 0 Å². The van der Waals surface area contributed by atoms with Crippen molar-refractivity contribution in [1.29, 1.82) is 0 Å². The lowest BCUT2D eigenvalue weighted by molar-refractivity contribution is -0.136. The fraction of sp³-hybridized carbons (Fsp3) is 0.458. The van der Waals surface area contributed by atoms with E-state index in [2.05, 4.69) is 34.9 Å². The number of hydrogen-bond acceptors (Lipinski definition) is 7. The number of hydrogen-bond donors (Lipinski definition) is 3. The summed E-state index contributed by atoms with van der Waals surface area (Å²) in [6, 6.07) is 4.39. The van der Waals surface area contributed by atoms with Gasteiger partial charge in [-0.2, -0.15) is 5.10 Å². The molecule has 4 heterocycles. The molecule has 2 aromatic rings. The Morgan fingerprint density at radius 3 is 2.69 bits per heavy atom. The summed E-state index contributed by atoms with van der Waals surface area (Å²) in [5, 5.41) is 13.6. The Kier molecular flexibility index (Phi) is 6.70. The van der Waals surface area contributed by atoms with Gasteiger partial charge in [0.2, 0.25) is 11.8 Å². The highest BCUT2D eigenvalue weighted by Crippen LogP contribution is 2.33. The number of nitrogens with one attached hydrogen (secondary N) is 3. The number of amides is 4. The molecule has 1 aromatic heterocycles. The second-order valence-corrected chi connectivity index (χ2v) is 9.81. The summed E-state index contributed by atoms with van der Waals surface area (Å²) in [6.45, 7) is 5.76. The van der Waals surface area contributed by atoms with E-state index in [0.29, 0.717) is 18.3 Å². The summed E-state index contributed by atoms with van der Waals surface area (Å²) in [5.74, 6) is -2.05. The van der Waals surface area contributed by atoms with Crippen LogP contribution in [0, 0.1) is 0 Å². The van der Waals surface area contributed by atoms with Crippen LogP contribution < -0.4 is 16.0 Å². The minimum atomic E-state index is -0.981. The first-order chi connectivity index (χ1) is 16.2. The van der Waals surface area contributed by atoms with Crippen LogP contribution in [-0.2, 0) is 16.1 Å². The van der Waals surface area contributed by atoms with Crippen molar-refractivity contribution in [2.75, 3.05) is 11.9 Å². The van der Waals surface area contributed by atoms with Crippen LogP contribution in [0.25, 0.3) is 0 Å². The summed E-state index contributed by atoms with van der Waals surface area (Å²) >= 11 is 0. The number of aromatic nitrogens is 2. The molecule has 2 saturated heterocycles. The molecule has 0 spiro atoms. The molecule has 35 heavy (non-hydrogen) atoms. The highest BCUT2D eigenvalue weighted by atomic mass is 35.5. The van der Waals surface area contributed by atoms with Crippen LogP contribution in [0.2, 0.25) is 0 Å². The van der Waals surface area contributed by atoms with E-state index in [1.807, 2.05) is 17.1 Å². The highest BCUT2D eigenvalue weighted by Gasteiger charge is 2.45. The minimum Gasteiger partial charge on any atom is -0.380 e. The number of rotatable bonds is 5. The zero-order chi connectivity index (χ0) is 24.0. The zero-order valence-electron chi connectivity index (χ0n) is 19.7. The molecule has 4 amide bonds. The molecule has 1 aromatic carbocycles. The van der Waals surface area contributed by atoms with Crippen molar-refractivity contribution < 1.29 is 19.2 Å². The number of carbonyl (C=O) groups excluding carboxylic acids is 4. The number of halogens is 1. The van der Waals surface area contributed by atoms with Gasteiger partial charge in [0.05, 0.1) is 23.4 Å². The topological polar surface area (TPSA) is 125 Å². The standard InChI is InChI=1S/C24H28N6O4.ClH/c1-24(2)10-15(8-9-26-24)29-13-14(12-27-29)11-25-17-5-3-4-16-20(17)23(34)30(22(16)33)18-6-7-19(31)28-21(18)32;/h3-5,12-13,15,18,25-26H,6-11H2,1-2H3,(H,28,31,32);1H/t15-,18?;/m1./s1. The maximum atomic E-state index is 13.2. The van der Waals surface area contributed by atoms with Gasteiger partial charge < -0.3 is 10.6 Å². The normalized spacial score (nSPS) is 23.5. The van der Waals surface area contributed by atoms with Gasteiger partial charge >= 0.3 is 0 Å². The molecule has 1 unspecified atom stereocenters. The average Bonchev–Trinajstić information content (AvgIpc) is 3.36. The smallest absolute Gasteiger partial charge is 0.264 e. The van der Waals surface area contributed by atoms with Crippen LogP contribution in [0.15, 0.2) is 30.6 Å². The summed E-state index contributed by atoms with van der Waals surface area (Å²) in [4.78, 5) is 51.0. The van der Waals surface area contributed by atoms with Gasteiger partial charge in [-0.1, -0.05) is 6.07 Å². The lowest BCUT2D eigenvalue weighted by Gasteiger charge is -2.36. The maximum Gasteiger partial charge on any atom is 0.264 e. The van der Waals surface area contributed by atoms with Crippen LogP contribution in [0.4, 0.5) is 5.69 Å². The lowest BCUT2D eigenvalue weighted by Crippen LogP contribution is -2.54. The number of nitrogens with zero attached hydrogens (tertiary/aromatic N) is 3. The Labute approximate surface area is 209 Å². The molecular formula is C24H29ClN6O4. The van der Waals surface area contributed by atoms with E-state index in [0.717, 1.165) is 29.8 Å². The van der Waals surface area contributed by atoms with Crippen molar-refractivity contribution in [2.45, 2.75) is 63.7 Å². The van der Waals surface area contributed by atoms with Crippen LogP contribution in [-0.4, -0.2) is 56.4 Å². The first-order valence-corrected chi connectivity index (χ1v) is 11.6. The number of imide groups is 2. The second kappa shape index (κ2) is 9.43. The van der Waals surface area contributed by atoms with Gasteiger partial charge in [0.15, 0.2) is 0 Å². The number of anilines is 1. The van der Waals surface area contributed by atoms with Gasteiger partial charge in [0.1, 0.15) is 6.04 Å². The van der Waals surface area contributed by atoms with E-state index in [4.69, 9.17) is 0 Å². The highest BCUT2D eigenvalue weighted by molar-refractivity contribution is 6.25. The van der Waals surface area contributed by atoms with Crippen molar-refractivity contribution in [2.24, 2.45) is 0 Å². The van der Waals surface area contributed by atoms with Gasteiger partial charge in [-0.3, -0.25) is 34.1 Å². The Hall–Kier alpha value is -3.24. The zero-order valence-corrected chi connectivity index (χ0v) is 20.5. The molecule has 3 N–H and O–H groups in total. The van der Waals surface area contributed by atoms with E-state index in [9.17, 15) is 19.2 Å². The van der Waals surface area contributed by atoms with E-state index in [1.165, 1.54) is 0 Å². The minimum absolute atomic E-state index is 0. The summed E-state index contributed by atoms with van der Waals surface area (Å²) in [6.07, 6.45) is 6.05. The van der Waals surface area contributed by atoms with Gasteiger partial charge in [0, 0.05) is 36.0 Å². The van der Waals surface area contributed by atoms with E-state index in [1.54, 1.807) is 18.2 Å². The average molecular weight is 501 g/mol. The maximum absolute atomic E-state index is 13.2. The van der Waals surface area contributed by atoms with E-state index < -0.39 is 29.7 Å². The molecule has 0 aliphatic carbocycles. The fourth-order valence-electron chi connectivity index (χ4n) is 5.09. The quantitative estimate of drug-likeness (QED) is 0.536. The second-order valence-electron chi connectivity index (χ2n) is 9.81. The summed E-state index contributed by atoms with van der Waals surface area (Å²) in [7, 11) is 0. The third-order valence-corrected chi connectivity index (χ3v) is 6.81. The van der Waals surface area contributed by atoms with Gasteiger partial charge in [-0.15, -0.1) is 12.4 Å². The molecule has 0 saturated carbocycles. The van der Waals surface area contributed by atoms with Crippen molar-refractivity contribution in [3.8, 4) is 0 Å². The predicted molar refractivity (Wildman–Crippen MR) is 130 cm³/mol. The molecular weight excluding hydrogens is 472 g/mol. The Bertz CT molecular complexity index is 1190. The number of carbonyl (C=O) groups is 4. The van der Waals surface area contributed by atoms with Crippen molar-refractivity contribution in [3.05, 3.63) is 47.3 Å². The van der Waals surface area contributed by atoms with E-state index >= 15 is 0 Å². The molecule has 2 fully saturated rings. The number of benzene rings is 1. The van der Waals surface area contributed by atoms with Gasteiger partial charge in [-0.05, 0) is 51.8 Å². The van der Waals surface area contributed by atoms with Crippen LogP contribution in [0.1, 0.15) is 71.9 Å². The monoisotopic (exact) mass is 500 g/mol. The molecule has 11 heteroatoms. The van der Waals surface area contributed by atoms with Crippen LogP contribution in [0.3, 0.4) is 0 Å². The van der Waals surface area contributed by atoms with Crippen molar-refractivity contribution in [3.63, 3.8) is 0 Å². The molecule has 10 nitrogen and oxygen atoms in total. The lowest BCUT2D eigenvalue weighted by atomic mass is 9.89. The summed E-state index contributed by atoms with van der Waals surface area (Å²) in [5.41, 5.74) is 2.07. The Morgan fingerprint density at radius 2 is 1.94 bits per heavy atom. The predicted octanol–water partition coefficient (Wildman–Crippen LogP) is 2.02. The Morgan fingerprint density at radius 1 is 1.14 bits per heavy atom. The SMILES string of the molecule is CC1(C)C[C@H](n2cc(CNc3cccc4c3C(=O)N(C3CCC(=O)NC3=O)C4=O)cn2)CCN1.Cl. The van der Waals surface area contributed by atoms with Crippen LogP contribution in [0.5, 0.6) is 0 Å². The van der Waals surface area contributed by atoms with Gasteiger partial charge in [0.25, 0.3) is 11.8 Å². The molecule has 0 bridgehead atoms. The molecule has 186 valence electrons. The number of fused-ring (bicyclic) bond motifs is 1. The molecule has 2 atom stereocenters. The van der Waals surface area contributed by atoms with Crippen LogP contribution >= 0.6 is 12.4 Å². The van der Waals surface area contributed by atoms with Crippen molar-refractivity contribution >= 4 is 41.7 Å². The molecule has 3 aliphatic rings. The first-order valence-electron chi connectivity index (χ1n) is 11.6. The molecule has 3 aliphatic heterocycles. The summed E-state index contributed by atoms with van der Waals surface area (Å²) < 4.78 is 2.01. The third kappa shape index (κ3) is 4.68. The molecule has 0 radical (unpaired) electrons. The van der Waals surface area contributed by atoms with E-state index in [-0.39, 0.29) is 41.9 Å². The Balaban J connectivity index is 0.00000289. The van der Waals surface area contributed by atoms with Crippen molar-refractivity contribution in [1.82, 2.24) is 25.3 Å². The fourth-order valence-corrected chi connectivity index (χ4v) is 5.09. The third-order valence-electron chi connectivity index (χ3n) is 6.81.